The first kappa shape index (κ1) is 15.7. The molecule has 112 valence electrons. The second-order valence-corrected chi connectivity index (χ2v) is 7.63. The van der Waals surface area contributed by atoms with Gasteiger partial charge in [-0.15, -0.1) is 11.3 Å². The van der Waals surface area contributed by atoms with Crippen molar-refractivity contribution < 1.29 is 13.2 Å². The van der Waals surface area contributed by atoms with Crippen molar-refractivity contribution in [3.63, 3.8) is 0 Å². The summed E-state index contributed by atoms with van der Waals surface area (Å²) in [4.78, 5) is 12.0. The Bertz CT molecular complexity index is 747. The molecular weight excluding hydrogens is 308 g/mol. The van der Waals surface area contributed by atoms with Crippen molar-refractivity contribution in [3.05, 3.63) is 46.8 Å². The van der Waals surface area contributed by atoms with Gasteiger partial charge in [-0.2, -0.15) is 0 Å². The fourth-order valence-electron chi connectivity index (χ4n) is 1.74. The molecule has 0 unspecified atom stereocenters. The molecule has 1 amide bonds. The Morgan fingerprint density at radius 1 is 1.24 bits per heavy atom. The minimum atomic E-state index is -3.77. The van der Waals surface area contributed by atoms with Crippen LogP contribution in [0.4, 0.5) is 5.69 Å². The van der Waals surface area contributed by atoms with Crippen LogP contribution in [0.3, 0.4) is 0 Å². The normalized spacial score (nSPS) is 11.6. The number of carbonyl (C=O) groups is 1. The minimum Gasteiger partial charge on any atom is -0.322 e. The van der Waals surface area contributed by atoms with Crippen molar-refractivity contribution in [1.29, 1.82) is 0 Å². The van der Waals surface area contributed by atoms with E-state index in [0.717, 1.165) is 11.3 Å². The average molecular weight is 324 g/mol. The van der Waals surface area contributed by atoms with Crippen molar-refractivity contribution in [2.24, 2.45) is 5.14 Å². The maximum atomic E-state index is 12.0. The lowest BCUT2D eigenvalue weighted by molar-refractivity contribution is 0.102. The largest absolute Gasteiger partial charge is 0.322 e. The van der Waals surface area contributed by atoms with E-state index >= 15 is 0 Å². The molecule has 1 aromatic carbocycles. The second kappa shape index (κ2) is 5.97. The van der Waals surface area contributed by atoms with Gasteiger partial charge in [-0.3, -0.25) is 4.79 Å². The number of thiophene rings is 1. The van der Waals surface area contributed by atoms with Crippen LogP contribution in [0, 0.1) is 0 Å². The zero-order valence-corrected chi connectivity index (χ0v) is 13.3. The van der Waals surface area contributed by atoms with Gasteiger partial charge in [0.25, 0.3) is 5.91 Å². The summed E-state index contributed by atoms with van der Waals surface area (Å²) in [6.07, 6.45) is 0. The van der Waals surface area contributed by atoms with Crippen molar-refractivity contribution in [2.45, 2.75) is 24.0 Å². The SMILES string of the molecule is CC(C)c1ccc(NC(=O)c2csc(S(N)(=O)=O)c2)cc1. The summed E-state index contributed by atoms with van der Waals surface area (Å²) >= 11 is 0.928. The number of hydrogen-bond donors (Lipinski definition) is 2. The molecule has 0 aliphatic rings. The number of nitrogens with one attached hydrogen (secondary N) is 1. The van der Waals surface area contributed by atoms with Gasteiger partial charge in [0.15, 0.2) is 0 Å². The molecular formula is C14H16N2O3S2. The highest BCUT2D eigenvalue weighted by molar-refractivity contribution is 7.91. The van der Waals surface area contributed by atoms with E-state index in [0.29, 0.717) is 11.6 Å². The van der Waals surface area contributed by atoms with E-state index in [2.05, 4.69) is 19.2 Å². The van der Waals surface area contributed by atoms with Crippen LogP contribution in [0.2, 0.25) is 0 Å². The third-order valence-electron chi connectivity index (χ3n) is 2.95. The molecule has 2 rings (SSSR count). The molecule has 0 spiro atoms. The molecule has 7 heteroatoms. The van der Waals surface area contributed by atoms with Gasteiger partial charge in [0, 0.05) is 11.1 Å². The van der Waals surface area contributed by atoms with Gasteiger partial charge < -0.3 is 5.32 Å². The zero-order chi connectivity index (χ0) is 15.6. The van der Waals surface area contributed by atoms with Crippen LogP contribution in [0.15, 0.2) is 39.9 Å². The van der Waals surface area contributed by atoms with E-state index in [4.69, 9.17) is 5.14 Å². The Hall–Kier alpha value is -1.70. The topological polar surface area (TPSA) is 89.3 Å². The molecule has 2 aromatic rings. The van der Waals surface area contributed by atoms with E-state index < -0.39 is 10.0 Å². The Morgan fingerprint density at radius 3 is 2.33 bits per heavy atom. The number of anilines is 1. The van der Waals surface area contributed by atoms with Gasteiger partial charge in [-0.05, 0) is 29.7 Å². The molecule has 0 atom stereocenters. The Morgan fingerprint density at radius 2 is 1.86 bits per heavy atom. The third-order valence-corrected chi connectivity index (χ3v) is 5.34. The van der Waals surface area contributed by atoms with Crippen LogP contribution in [-0.2, 0) is 10.0 Å². The smallest absolute Gasteiger partial charge is 0.256 e. The van der Waals surface area contributed by atoms with Gasteiger partial charge in [-0.1, -0.05) is 26.0 Å². The number of rotatable bonds is 4. The van der Waals surface area contributed by atoms with Crippen LogP contribution in [0.25, 0.3) is 0 Å². The highest BCUT2D eigenvalue weighted by Crippen LogP contribution is 2.21. The molecule has 5 nitrogen and oxygen atoms in total. The summed E-state index contributed by atoms with van der Waals surface area (Å²) in [5.41, 5.74) is 2.12. The molecule has 3 N–H and O–H groups in total. The summed E-state index contributed by atoms with van der Waals surface area (Å²) in [7, 11) is -3.77. The number of nitrogens with two attached hydrogens (primary N) is 1. The van der Waals surface area contributed by atoms with Gasteiger partial charge >= 0.3 is 0 Å². The van der Waals surface area contributed by atoms with E-state index in [1.54, 1.807) is 0 Å². The standard InChI is InChI=1S/C14H16N2O3S2/c1-9(2)10-3-5-12(6-4-10)16-14(17)11-7-13(20-8-11)21(15,18)19/h3-9H,1-2H3,(H,16,17)(H2,15,18,19). The summed E-state index contributed by atoms with van der Waals surface area (Å²) in [5, 5.41) is 9.21. The fourth-order valence-corrected chi connectivity index (χ4v) is 3.32. The third kappa shape index (κ3) is 3.90. The summed E-state index contributed by atoms with van der Waals surface area (Å²) < 4.78 is 22.3. The quantitative estimate of drug-likeness (QED) is 0.906. The molecule has 21 heavy (non-hydrogen) atoms. The maximum Gasteiger partial charge on any atom is 0.256 e. The highest BCUT2D eigenvalue weighted by atomic mass is 32.2. The monoisotopic (exact) mass is 324 g/mol. The lowest BCUT2D eigenvalue weighted by atomic mass is 10.0. The number of sulfonamides is 1. The lowest BCUT2D eigenvalue weighted by Gasteiger charge is -2.07. The Labute approximate surface area is 127 Å². The van der Waals surface area contributed by atoms with E-state index in [1.165, 1.54) is 17.0 Å². The van der Waals surface area contributed by atoms with Crippen LogP contribution in [-0.4, -0.2) is 14.3 Å². The average Bonchev–Trinajstić information content (AvgIpc) is 2.88. The molecule has 0 aliphatic carbocycles. The van der Waals surface area contributed by atoms with Crippen LogP contribution >= 0.6 is 11.3 Å². The number of carbonyl (C=O) groups excluding carboxylic acids is 1. The van der Waals surface area contributed by atoms with Crippen molar-refractivity contribution >= 4 is 33.0 Å². The summed E-state index contributed by atoms with van der Waals surface area (Å²) in [6.45, 7) is 4.18. The predicted octanol–water partition coefficient (Wildman–Crippen LogP) is 2.77. The van der Waals surface area contributed by atoms with E-state index in [1.807, 2.05) is 24.3 Å². The second-order valence-electron chi connectivity index (χ2n) is 4.93. The van der Waals surface area contributed by atoms with Gasteiger partial charge in [0.2, 0.25) is 10.0 Å². The van der Waals surface area contributed by atoms with Crippen LogP contribution < -0.4 is 10.5 Å². The molecule has 0 aliphatic heterocycles. The minimum absolute atomic E-state index is 0.0252. The Balaban J connectivity index is 2.12. The number of hydrogen-bond acceptors (Lipinski definition) is 4. The van der Waals surface area contributed by atoms with Crippen molar-refractivity contribution in [2.75, 3.05) is 5.32 Å². The van der Waals surface area contributed by atoms with E-state index in [9.17, 15) is 13.2 Å². The predicted molar refractivity (Wildman–Crippen MR) is 84.2 cm³/mol. The Kier molecular flexibility index (Phi) is 4.46. The van der Waals surface area contributed by atoms with E-state index in [-0.39, 0.29) is 15.7 Å². The number of benzene rings is 1. The molecule has 0 saturated carbocycles. The summed E-state index contributed by atoms with van der Waals surface area (Å²) in [6, 6.07) is 8.81. The molecule has 0 fully saturated rings. The number of primary sulfonamides is 1. The first-order valence-electron chi connectivity index (χ1n) is 6.30. The summed E-state index contributed by atoms with van der Waals surface area (Å²) in [5.74, 6) is 0.0578. The van der Waals surface area contributed by atoms with Crippen LogP contribution in [0.5, 0.6) is 0 Å². The first-order valence-corrected chi connectivity index (χ1v) is 8.72. The molecule has 0 radical (unpaired) electrons. The maximum absolute atomic E-state index is 12.0. The zero-order valence-electron chi connectivity index (χ0n) is 11.7. The van der Waals surface area contributed by atoms with Gasteiger partial charge in [0.1, 0.15) is 4.21 Å². The molecule has 0 saturated heterocycles. The first-order chi connectivity index (χ1) is 9.77. The fraction of sp³-hybridized carbons (Fsp3) is 0.214. The van der Waals surface area contributed by atoms with Gasteiger partial charge in [0.05, 0.1) is 5.56 Å². The molecule has 1 heterocycles. The number of amides is 1. The van der Waals surface area contributed by atoms with Crippen LogP contribution in [0.1, 0.15) is 35.7 Å². The molecule has 0 bridgehead atoms. The van der Waals surface area contributed by atoms with Crippen molar-refractivity contribution in [3.8, 4) is 0 Å². The van der Waals surface area contributed by atoms with Crippen molar-refractivity contribution in [1.82, 2.24) is 0 Å². The lowest BCUT2D eigenvalue weighted by Crippen LogP contribution is -2.12. The highest BCUT2D eigenvalue weighted by Gasteiger charge is 2.15. The molecule has 1 aromatic heterocycles. The van der Waals surface area contributed by atoms with Gasteiger partial charge in [-0.25, -0.2) is 13.6 Å².